The van der Waals surface area contributed by atoms with E-state index >= 15 is 0 Å². The quantitative estimate of drug-likeness (QED) is 0.856. The van der Waals surface area contributed by atoms with Crippen molar-refractivity contribution in [2.45, 2.75) is 13.0 Å². The summed E-state index contributed by atoms with van der Waals surface area (Å²) in [4.78, 5) is 0. The van der Waals surface area contributed by atoms with Gasteiger partial charge in [-0.3, -0.25) is 0 Å². The van der Waals surface area contributed by atoms with Gasteiger partial charge >= 0.3 is 0 Å². The number of halogens is 3. The molecule has 5 heteroatoms. The Morgan fingerprint density at radius 2 is 1.81 bits per heavy atom. The SMILES string of the molecule is CCNC(c1ccccc1OC)c1c(F)cc(Br)cc1F. The third-order valence-corrected chi connectivity index (χ3v) is 3.65. The molecule has 0 amide bonds. The molecule has 2 aromatic carbocycles. The highest BCUT2D eigenvalue weighted by atomic mass is 79.9. The van der Waals surface area contributed by atoms with Crippen molar-refractivity contribution in [3.8, 4) is 5.75 Å². The lowest BCUT2D eigenvalue weighted by atomic mass is 9.96. The lowest BCUT2D eigenvalue weighted by Crippen LogP contribution is -2.24. The van der Waals surface area contributed by atoms with Crippen LogP contribution in [0.4, 0.5) is 8.78 Å². The van der Waals surface area contributed by atoms with Crippen LogP contribution in [0.2, 0.25) is 0 Å². The molecule has 2 rings (SSSR count). The fraction of sp³-hybridized carbons (Fsp3) is 0.250. The van der Waals surface area contributed by atoms with Crippen molar-refractivity contribution in [1.29, 1.82) is 0 Å². The monoisotopic (exact) mass is 355 g/mol. The molecule has 112 valence electrons. The molecule has 21 heavy (non-hydrogen) atoms. The average molecular weight is 356 g/mol. The first-order chi connectivity index (χ1) is 10.1. The standard InChI is InChI=1S/C16H16BrF2NO/c1-3-20-16(11-6-4-5-7-14(11)21-2)15-12(18)8-10(17)9-13(15)19/h4-9,16,20H,3H2,1-2H3. The Bertz CT molecular complexity index is 610. The first kappa shape index (κ1) is 15.9. The molecule has 1 atom stereocenters. The molecule has 0 bridgehead atoms. The van der Waals surface area contributed by atoms with Gasteiger partial charge in [0.25, 0.3) is 0 Å². The van der Waals surface area contributed by atoms with Gasteiger partial charge in [-0.1, -0.05) is 41.1 Å². The van der Waals surface area contributed by atoms with E-state index in [1.165, 1.54) is 19.2 Å². The zero-order chi connectivity index (χ0) is 15.4. The van der Waals surface area contributed by atoms with Crippen LogP contribution < -0.4 is 10.1 Å². The minimum atomic E-state index is -0.612. The Morgan fingerprint density at radius 1 is 1.19 bits per heavy atom. The molecule has 1 unspecified atom stereocenters. The van der Waals surface area contributed by atoms with Crippen LogP contribution in [-0.2, 0) is 0 Å². The van der Waals surface area contributed by atoms with Crippen molar-refractivity contribution >= 4 is 15.9 Å². The number of methoxy groups -OCH3 is 1. The average Bonchev–Trinajstić information content (AvgIpc) is 2.45. The van der Waals surface area contributed by atoms with Gasteiger partial charge in [0.15, 0.2) is 0 Å². The molecule has 0 fully saturated rings. The molecule has 0 heterocycles. The van der Waals surface area contributed by atoms with Gasteiger partial charge in [0.05, 0.1) is 13.2 Å². The van der Waals surface area contributed by atoms with Gasteiger partial charge in [-0.2, -0.15) is 0 Å². The van der Waals surface area contributed by atoms with Crippen LogP contribution in [0.1, 0.15) is 24.1 Å². The Hall–Kier alpha value is -1.46. The van der Waals surface area contributed by atoms with Gasteiger partial charge < -0.3 is 10.1 Å². The van der Waals surface area contributed by atoms with Crippen LogP contribution in [0, 0.1) is 11.6 Å². The first-order valence-electron chi connectivity index (χ1n) is 6.59. The zero-order valence-corrected chi connectivity index (χ0v) is 13.4. The van der Waals surface area contributed by atoms with E-state index < -0.39 is 17.7 Å². The molecule has 0 aromatic heterocycles. The predicted octanol–water partition coefficient (Wildman–Crippen LogP) is 4.43. The maximum absolute atomic E-state index is 14.3. The smallest absolute Gasteiger partial charge is 0.132 e. The fourth-order valence-electron chi connectivity index (χ4n) is 2.31. The van der Waals surface area contributed by atoms with Crippen LogP contribution >= 0.6 is 15.9 Å². The minimum absolute atomic E-state index is 0.00968. The first-order valence-corrected chi connectivity index (χ1v) is 7.38. The molecule has 0 saturated heterocycles. The molecule has 2 aromatic rings. The highest BCUT2D eigenvalue weighted by Gasteiger charge is 2.24. The topological polar surface area (TPSA) is 21.3 Å². The van der Waals surface area contributed by atoms with Crippen molar-refractivity contribution in [3.63, 3.8) is 0 Å². The maximum Gasteiger partial charge on any atom is 0.132 e. The highest BCUT2D eigenvalue weighted by molar-refractivity contribution is 9.10. The Kier molecular flexibility index (Phi) is 5.31. The molecule has 2 nitrogen and oxygen atoms in total. The number of rotatable bonds is 5. The van der Waals surface area contributed by atoms with Gasteiger partial charge in [0.1, 0.15) is 17.4 Å². The second-order valence-electron chi connectivity index (χ2n) is 4.52. The number of hydrogen-bond donors (Lipinski definition) is 1. The summed E-state index contributed by atoms with van der Waals surface area (Å²) < 4.78 is 34.2. The molecule has 0 aliphatic carbocycles. The van der Waals surface area contributed by atoms with E-state index in [0.717, 1.165) is 0 Å². The van der Waals surface area contributed by atoms with Crippen LogP contribution in [0.5, 0.6) is 5.75 Å². The van der Waals surface area contributed by atoms with Crippen LogP contribution in [0.3, 0.4) is 0 Å². The number of ether oxygens (including phenoxy) is 1. The van der Waals surface area contributed by atoms with Gasteiger partial charge in [-0.15, -0.1) is 0 Å². The Labute approximate surface area is 131 Å². The summed E-state index contributed by atoms with van der Waals surface area (Å²) in [5.74, 6) is -0.609. The van der Waals surface area contributed by atoms with E-state index in [1.54, 1.807) is 12.1 Å². The van der Waals surface area contributed by atoms with E-state index in [9.17, 15) is 8.78 Å². The van der Waals surface area contributed by atoms with Gasteiger partial charge in [0, 0.05) is 15.6 Å². The molecule has 0 aliphatic rings. The number of para-hydroxylation sites is 1. The van der Waals surface area contributed by atoms with Crippen LogP contribution in [-0.4, -0.2) is 13.7 Å². The van der Waals surface area contributed by atoms with E-state index in [-0.39, 0.29) is 5.56 Å². The van der Waals surface area contributed by atoms with E-state index in [1.807, 2.05) is 19.1 Å². The van der Waals surface area contributed by atoms with Crippen molar-refractivity contribution in [3.05, 3.63) is 63.6 Å². The lowest BCUT2D eigenvalue weighted by Gasteiger charge is -2.22. The van der Waals surface area contributed by atoms with Gasteiger partial charge in [0.2, 0.25) is 0 Å². The molecule has 0 radical (unpaired) electrons. The third-order valence-electron chi connectivity index (χ3n) is 3.19. The summed E-state index contributed by atoms with van der Waals surface area (Å²) in [7, 11) is 1.54. The molecule has 0 saturated carbocycles. The van der Waals surface area contributed by atoms with Crippen LogP contribution in [0.15, 0.2) is 40.9 Å². The number of benzene rings is 2. The molecule has 0 aliphatic heterocycles. The summed E-state index contributed by atoms with van der Waals surface area (Å²) in [6.45, 7) is 2.45. The van der Waals surface area contributed by atoms with Crippen molar-refractivity contribution in [2.75, 3.05) is 13.7 Å². The predicted molar refractivity (Wildman–Crippen MR) is 82.6 cm³/mol. The lowest BCUT2D eigenvalue weighted by molar-refractivity contribution is 0.401. The van der Waals surface area contributed by atoms with Gasteiger partial charge in [-0.25, -0.2) is 8.78 Å². The molecule has 0 spiro atoms. The summed E-state index contributed by atoms with van der Waals surface area (Å²) >= 11 is 3.09. The van der Waals surface area contributed by atoms with E-state index in [0.29, 0.717) is 22.3 Å². The van der Waals surface area contributed by atoms with Crippen LogP contribution in [0.25, 0.3) is 0 Å². The number of nitrogens with one attached hydrogen (secondary N) is 1. The Balaban J connectivity index is 2.59. The summed E-state index contributed by atoms with van der Waals surface area (Å²) in [6.07, 6.45) is 0. The van der Waals surface area contributed by atoms with Crippen molar-refractivity contribution in [1.82, 2.24) is 5.32 Å². The van der Waals surface area contributed by atoms with Crippen molar-refractivity contribution in [2.24, 2.45) is 0 Å². The molecule has 1 N–H and O–H groups in total. The summed E-state index contributed by atoms with van der Waals surface area (Å²) in [5.41, 5.74) is 0.687. The van der Waals surface area contributed by atoms with E-state index in [2.05, 4.69) is 21.2 Å². The molecular formula is C16H16BrF2NO. The normalized spacial score (nSPS) is 12.2. The molecular weight excluding hydrogens is 340 g/mol. The largest absolute Gasteiger partial charge is 0.496 e. The summed E-state index contributed by atoms with van der Waals surface area (Å²) in [6, 6.07) is 9.12. The van der Waals surface area contributed by atoms with E-state index in [4.69, 9.17) is 4.74 Å². The van der Waals surface area contributed by atoms with Gasteiger partial charge in [-0.05, 0) is 24.7 Å². The minimum Gasteiger partial charge on any atom is -0.496 e. The third kappa shape index (κ3) is 3.41. The fourth-order valence-corrected chi connectivity index (χ4v) is 2.71. The maximum atomic E-state index is 14.3. The zero-order valence-electron chi connectivity index (χ0n) is 11.8. The second kappa shape index (κ2) is 7.00. The second-order valence-corrected chi connectivity index (χ2v) is 5.43. The number of hydrogen-bond acceptors (Lipinski definition) is 2. The highest BCUT2D eigenvalue weighted by Crippen LogP contribution is 2.33. The summed E-state index contributed by atoms with van der Waals surface area (Å²) in [5, 5.41) is 3.12. The Morgan fingerprint density at radius 3 is 2.38 bits per heavy atom. The van der Waals surface area contributed by atoms with Crippen molar-refractivity contribution < 1.29 is 13.5 Å².